The van der Waals surface area contributed by atoms with E-state index in [-0.39, 0.29) is 0 Å². The van der Waals surface area contributed by atoms with Gasteiger partial charge in [0, 0.05) is 12.2 Å². The average molecular weight is 243 g/mol. The molecule has 0 bridgehead atoms. The maximum atomic E-state index is 5.88. The molecule has 3 heterocycles. The second kappa shape index (κ2) is 3.98. The standard InChI is InChI=1S/C13H13N3S/c1-9-4-2-6-12-15-13(10(8-14)16(9)12)11-5-3-7-17-11/h2-7H,8,14H2,1H3. The number of imidazole rings is 1. The monoisotopic (exact) mass is 243 g/mol. The first kappa shape index (κ1) is 10.5. The molecule has 3 rings (SSSR count). The molecule has 0 unspecified atom stereocenters. The molecule has 0 saturated heterocycles. The fraction of sp³-hybridized carbons (Fsp3) is 0.154. The van der Waals surface area contributed by atoms with Crippen LogP contribution >= 0.6 is 11.3 Å². The lowest BCUT2D eigenvalue weighted by Gasteiger charge is -2.03. The van der Waals surface area contributed by atoms with Crippen LogP contribution in [0, 0.1) is 6.92 Å². The first-order valence-corrected chi connectivity index (χ1v) is 6.40. The predicted molar refractivity (Wildman–Crippen MR) is 71.1 cm³/mol. The van der Waals surface area contributed by atoms with Crippen LogP contribution in [0.4, 0.5) is 0 Å². The van der Waals surface area contributed by atoms with Gasteiger partial charge in [-0.25, -0.2) is 4.98 Å². The normalized spacial score (nSPS) is 11.2. The number of aryl methyl sites for hydroxylation is 1. The number of pyridine rings is 1. The number of nitrogens with two attached hydrogens (primary N) is 1. The summed E-state index contributed by atoms with van der Waals surface area (Å²) in [4.78, 5) is 5.85. The van der Waals surface area contributed by atoms with Crippen molar-refractivity contribution in [3.8, 4) is 10.6 Å². The van der Waals surface area contributed by atoms with E-state index < -0.39 is 0 Å². The Balaban J connectivity index is 2.37. The minimum absolute atomic E-state index is 0.499. The number of thiophene rings is 1. The molecule has 0 spiro atoms. The van der Waals surface area contributed by atoms with Crippen LogP contribution in [0.1, 0.15) is 11.4 Å². The Kier molecular flexibility index (Phi) is 2.46. The number of nitrogens with zero attached hydrogens (tertiary/aromatic N) is 2. The average Bonchev–Trinajstić information content (AvgIpc) is 2.95. The lowest BCUT2D eigenvalue weighted by atomic mass is 10.2. The van der Waals surface area contributed by atoms with E-state index in [9.17, 15) is 0 Å². The maximum Gasteiger partial charge on any atom is 0.137 e. The maximum absolute atomic E-state index is 5.88. The molecule has 17 heavy (non-hydrogen) atoms. The lowest BCUT2D eigenvalue weighted by Crippen LogP contribution is -2.04. The molecule has 0 aromatic carbocycles. The molecule has 0 aliphatic rings. The molecule has 0 aliphatic heterocycles. The van der Waals surface area contributed by atoms with Gasteiger partial charge in [0.15, 0.2) is 0 Å². The van der Waals surface area contributed by atoms with Gasteiger partial charge in [0.1, 0.15) is 11.3 Å². The fourth-order valence-corrected chi connectivity index (χ4v) is 2.86. The lowest BCUT2D eigenvalue weighted by molar-refractivity contribution is 0.935. The van der Waals surface area contributed by atoms with E-state index in [4.69, 9.17) is 5.73 Å². The van der Waals surface area contributed by atoms with Gasteiger partial charge in [0.25, 0.3) is 0 Å². The summed E-state index contributed by atoms with van der Waals surface area (Å²) in [5.74, 6) is 0. The first-order valence-electron chi connectivity index (χ1n) is 5.52. The quantitative estimate of drug-likeness (QED) is 0.752. The van der Waals surface area contributed by atoms with Crippen LogP contribution in [0.5, 0.6) is 0 Å². The molecule has 4 heteroatoms. The van der Waals surface area contributed by atoms with Crippen LogP contribution in [-0.2, 0) is 6.54 Å². The third kappa shape index (κ3) is 1.57. The molecule has 0 atom stereocenters. The molecule has 3 nitrogen and oxygen atoms in total. The van der Waals surface area contributed by atoms with E-state index >= 15 is 0 Å². The largest absolute Gasteiger partial charge is 0.325 e. The number of rotatable bonds is 2. The van der Waals surface area contributed by atoms with Crippen LogP contribution in [0.2, 0.25) is 0 Å². The van der Waals surface area contributed by atoms with Gasteiger partial charge in [-0.1, -0.05) is 12.1 Å². The van der Waals surface area contributed by atoms with Crippen molar-refractivity contribution in [3.63, 3.8) is 0 Å². The van der Waals surface area contributed by atoms with E-state index in [2.05, 4.69) is 33.8 Å². The Hall–Kier alpha value is -1.65. The summed E-state index contributed by atoms with van der Waals surface area (Å²) in [7, 11) is 0. The van der Waals surface area contributed by atoms with Crippen molar-refractivity contribution < 1.29 is 0 Å². The fourth-order valence-electron chi connectivity index (χ4n) is 2.13. The van der Waals surface area contributed by atoms with Gasteiger partial charge in [-0.15, -0.1) is 11.3 Å². The highest BCUT2D eigenvalue weighted by atomic mass is 32.1. The Morgan fingerprint density at radius 2 is 2.18 bits per heavy atom. The van der Waals surface area contributed by atoms with Gasteiger partial charge in [0.2, 0.25) is 0 Å². The second-order valence-corrected chi connectivity index (χ2v) is 4.90. The van der Waals surface area contributed by atoms with E-state index in [0.29, 0.717) is 6.54 Å². The SMILES string of the molecule is Cc1cccc2nc(-c3cccs3)c(CN)n12. The van der Waals surface area contributed by atoms with Gasteiger partial charge in [-0.3, -0.25) is 4.40 Å². The molecule has 0 amide bonds. The molecule has 0 radical (unpaired) electrons. The van der Waals surface area contributed by atoms with E-state index in [1.165, 1.54) is 10.6 Å². The molecule has 0 saturated carbocycles. The van der Waals surface area contributed by atoms with Gasteiger partial charge in [0.05, 0.1) is 10.6 Å². The Labute approximate surface area is 104 Å². The highest BCUT2D eigenvalue weighted by molar-refractivity contribution is 7.13. The summed E-state index contributed by atoms with van der Waals surface area (Å²) >= 11 is 1.70. The molecular formula is C13H13N3S. The zero-order valence-corrected chi connectivity index (χ0v) is 10.4. The highest BCUT2D eigenvalue weighted by Gasteiger charge is 2.14. The van der Waals surface area contributed by atoms with Crippen LogP contribution < -0.4 is 5.73 Å². The zero-order valence-electron chi connectivity index (χ0n) is 9.55. The van der Waals surface area contributed by atoms with E-state index in [1.54, 1.807) is 11.3 Å². The summed E-state index contributed by atoms with van der Waals surface area (Å²) in [6.07, 6.45) is 0. The predicted octanol–water partition coefficient (Wildman–Crippen LogP) is 2.83. The van der Waals surface area contributed by atoms with Crippen molar-refractivity contribution in [2.75, 3.05) is 0 Å². The van der Waals surface area contributed by atoms with Crippen molar-refractivity contribution in [2.24, 2.45) is 5.73 Å². The number of hydrogen-bond donors (Lipinski definition) is 1. The highest BCUT2D eigenvalue weighted by Crippen LogP contribution is 2.28. The molecule has 86 valence electrons. The molecule has 3 aromatic heterocycles. The molecule has 2 N–H and O–H groups in total. The molecule has 3 aromatic rings. The summed E-state index contributed by atoms with van der Waals surface area (Å²) < 4.78 is 2.13. The second-order valence-electron chi connectivity index (χ2n) is 3.95. The Morgan fingerprint density at radius 3 is 2.88 bits per heavy atom. The van der Waals surface area contributed by atoms with Crippen molar-refractivity contribution in [2.45, 2.75) is 13.5 Å². The van der Waals surface area contributed by atoms with E-state index in [0.717, 1.165) is 17.0 Å². The number of aromatic nitrogens is 2. The minimum atomic E-state index is 0.499. The van der Waals surface area contributed by atoms with Crippen LogP contribution in [-0.4, -0.2) is 9.38 Å². The van der Waals surface area contributed by atoms with Crippen molar-refractivity contribution in [3.05, 3.63) is 47.1 Å². The van der Waals surface area contributed by atoms with Crippen LogP contribution in [0.3, 0.4) is 0 Å². The minimum Gasteiger partial charge on any atom is -0.325 e. The van der Waals surface area contributed by atoms with Gasteiger partial charge < -0.3 is 5.73 Å². The third-order valence-electron chi connectivity index (χ3n) is 2.88. The topological polar surface area (TPSA) is 43.3 Å². The number of hydrogen-bond acceptors (Lipinski definition) is 3. The smallest absolute Gasteiger partial charge is 0.137 e. The van der Waals surface area contributed by atoms with Gasteiger partial charge >= 0.3 is 0 Å². The van der Waals surface area contributed by atoms with Gasteiger partial charge in [-0.05, 0) is 30.5 Å². The molecule has 0 aliphatic carbocycles. The summed E-state index contributed by atoms with van der Waals surface area (Å²) in [6.45, 7) is 2.57. The third-order valence-corrected chi connectivity index (χ3v) is 3.76. The zero-order chi connectivity index (χ0) is 11.8. The Morgan fingerprint density at radius 1 is 1.29 bits per heavy atom. The van der Waals surface area contributed by atoms with Gasteiger partial charge in [-0.2, -0.15) is 0 Å². The first-order chi connectivity index (χ1) is 8.31. The number of fused-ring (bicyclic) bond motifs is 1. The van der Waals surface area contributed by atoms with Crippen LogP contribution in [0.15, 0.2) is 35.7 Å². The van der Waals surface area contributed by atoms with E-state index in [1.807, 2.05) is 18.2 Å². The summed E-state index contributed by atoms with van der Waals surface area (Å²) in [5.41, 5.74) is 10.1. The Bertz CT molecular complexity index is 653. The van der Waals surface area contributed by atoms with Crippen molar-refractivity contribution in [1.82, 2.24) is 9.38 Å². The van der Waals surface area contributed by atoms with Crippen LogP contribution in [0.25, 0.3) is 16.2 Å². The summed E-state index contributed by atoms with van der Waals surface area (Å²) in [6, 6.07) is 10.2. The molecular weight excluding hydrogens is 230 g/mol. The summed E-state index contributed by atoms with van der Waals surface area (Å²) in [5, 5.41) is 2.06. The molecule has 0 fully saturated rings. The van der Waals surface area contributed by atoms with Crippen molar-refractivity contribution in [1.29, 1.82) is 0 Å². The van der Waals surface area contributed by atoms with Crippen molar-refractivity contribution >= 4 is 17.0 Å².